The van der Waals surface area contributed by atoms with Crippen LogP contribution in [0, 0.1) is 0 Å². The monoisotopic (exact) mass is 473 g/mol. The number of nitrogens with zero attached hydrogens (tertiary/aromatic N) is 2. The standard InChI is InChI=1S/C23H27N3O4S2/c1-15(22-24-18-10-6-7-11-20(18)31-22)26(2)23(27)16-12-13-19(30-3)21(14-16)32(28,29)25-17-8-4-5-9-17/h6-7,10-15,17,25H,4-5,8-9H2,1-3H3/t15-/m0/s1. The maximum Gasteiger partial charge on any atom is 0.254 e. The summed E-state index contributed by atoms with van der Waals surface area (Å²) < 4.78 is 35.2. The van der Waals surface area contributed by atoms with Gasteiger partial charge in [0.1, 0.15) is 15.7 Å². The second kappa shape index (κ2) is 9.17. The van der Waals surface area contributed by atoms with Crippen molar-refractivity contribution in [2.45, 2.75) is 49.6 Å². The predicted octanol–water partition coefficient (Wildman–Crippen LogP) is 4.36. The van der Waals surface area contributed by atoms with Gasteiger partial charge in [-0.2, -0.15) is 0 Å². The molecule has 1 amide bonds. The third-order valence-electron chi connectivity index (χ3n) is 5.95. The van der Waals surface area contributed by atoms with Crippen molar-refractivity contribution in [2.75, 3.05) is 14.2 Å². The molecule has 1 saturated carbocycles. The number of fused-ring (bicyclic) bond motifs is 1. The minimum Gasteiger partial charge on any atom is -0.495 e. The fraction of sp³-hybridized carbons (Fsp3) is 0.391. The van der Waals surface area contributed by atoms with Crippen LogP contribution in [0.3, 0.4) is 0 Å². The van der Waals surface area contributed by atoms with E-state index in [4.69, 9.17) is 4.74 Å². The van der Waals surface area contributed by atoms with Crippen LogP contribution in [0.2, 0.25) is 0 Å². The van der Waals surface area contributed by atoms with E-state index in [0.29, 0.717) is 0 Å². The quantitative estimate of drug-likeness (QED) is 0.551. The largest absolute Gasteiger partial charge is 0.495 e. The van der Waals surface area contributed by atoms with E-state index < -0.39 is 10.0 Å². The van der Waals surface area contributed by atoms with E-state index in [-0.39, 0.29) is 34.2 Å². The number of nitrogens with one attached hydrogen (secondary N) is 1. The zero-order chi connectivity index (χ0) is 22.9. The molecule has 0 saturated heterocycles. The van der Waals surface area contributed by atoms with Crippen LogP contribution in [0.1, 0.15) is 54.0 Å². The summed E-state index contributed by atoms with van der Waals surface area (Å²) in [5.41, 5.74) is 1.18. The van der Waals surface area contributed by atoms with E-state index in [0.717, 1.165) is 40.9 Å². The van der Waals surface area contributed by atoms with Crippen molar-refractivity contribution in [3.63, 3.8) is 0 Å². The average molecular weight is 474 g/mol. The molecule has 7 nitrogen and oxygen atoms in total. The highest BCUT2D eigenvalue weighted by atomic mass is 32.2. The first kappa shape index (κ1) is 22.7. The smallest absolute Gasteiger partial charge is 0.254 e. The minimum absolute atomic E-state index is 0.0150. The summed E-state index contributed by atoms with van der Waals surface area (Å²) in [6.45, 7) is 1.92. The molecule has 0 radical (unpaired) electrons. The number of ether oxygens (including phenoxy) is 1. The van der Waals surface area contributed by atoms with Crippen LogP contribution in [0.5, 0.6) is 5.75 Å². The average Bonchev–Trinajstić information content (AvgIpc) is 3.46. The summed E-state index contributed by atoms with van der Waals surface area (Å²) in [6, 6.07) is 12.0. The van der Waals surface area contributed by atoms with Crippen LogP contribution in [0.15, 0.2) is 47.4 Å². The lowest BCUT2D eigenvalue weighted by molar-refractivity contribution is 0.0742. The fourth-order valence-corrected chi connectivity index (χ4v) is 6.52. The van der Waals surface area contributed by atoms with Crippen LogP contribution in [-0.2, 0) is 10.0 Å². The maximum atomic E-state index is 13.2. The number of carbonyl (C=O) groups excluding carboxylic acids is 1. The number of hydrogen-bond acceptors (Lipinski definition) is 6. The third-order valence-corrected chi connectivity index (χ3v) is 8.69. The number of thiazole rings is 1. The van der Waals surface area contributed by atoms with Gasteiger partial charge in [0, 0.05) is 18.7 Å². The van der Waals surface area contributed by atoms with E-state index in [2.05, 4.69) is 9.71 Å². The first-order valence-electron chi connectivity index (χ1n) is 10.6. The van der Waals surface area contributed by atoms with Gasteiger partial charge in [-0.05, 0) is 50.1 Å². The molecule has 2 aromatic carbocycles. The molecule has 4 rings (SSSR count). The number of rotatable bonds is 7. The molecule has 0 spiro atoms. The van der Waals surface area contributed by atoms with Crippen LogP contribution in [-0.4, -0.2) is 44.4 Å². The van der Waals surface area contributed by atoms with E-state index in [9.17, 15) is 13.2 Å². The Morgan fingerprint density at radius 1 is 1.22 bits per heavy atom. The molecule has 1 aliphatic carbocycles. The number of amides is 1. The fourth-order valence-electron chi connectivity index (χ4n) is 3.96. The van der Waals surface area contributed by atoms with Crippen LogP contribution in [0.25, 0.3) is 10.2 Å². The predicted molar refractivity (Wildman–Crippen MR) is 126 cm³/mol. The van der Waals surface area contributed by atoms with Crippen LogP contribution < -0.4 is 9.46 Å². The SMILES string of the molecule is COc1ccc(C(=O)N(C)[C@@H](C)c2nc3ccccc3s2)cc1S(=O)(=O)NC1CCCC1. The number of benzene rings is 2. The van der Waals surface area contributed by atoms with Gasteiger partial charge in [-0.25, -0.2) is 18.1 Å². The van der Waals surface area contributed by atoms with Gasteiger partial charge in [-0.15, -0.1) is 11.3 Å². The van der Waals surface area contributed by atoms with E-state index in [1.807, 2.05) is 31.2 Å². The van der Waals surface area contributed by atoms with Gasteiger partial charge >= 0.3 is 0 Å². The normalized spacial score (nSPS) is 15.7. The number of methoxy groups -OCH3 is 1. The third kappa shape index (κ3) is 4.51. The van der Waals surface area contributed by atoms with Crippen molar-refractivity contribution in [2.24, 2.45) is 0 Å². The molecule has 1 heterocycles. The first-order chi connectivity index (χ1) is 15.3. The summed E-state index contributed by atoms with van der Waals surface area (Å²) in [5, 5.41) is 0.825. The summed E-state index contributed by atoms with van der Waals surface area (Å²) in [5.74, 6) is -0.0642. The van der Waals surface area contributed by atoms with E-state index in [1.54, 1.807) is 29.4 Å². The van der Waals surface area contributed by atoms with Crippen molar-refractivity contribution in [3.8, 4) is 5.75 Å². The lowest BCUT2D eigenvalue weighted by Crippen LogP contribution is -2.33. The number of aromatic nitrogens is 1. The van der Waals surface area contributed by atoms with Crippen LogP contribution in [0.4, 0.5) is 0 Å². The molecule has 0 unspecified atom stereocenters. The zero-order valence-electron chi connectivity index (χ0n) is 18.4. The van der Waals surface area contributed by atoms with Gasteiger partial charge < -0.3 is 9.64 Å². The number of carbonyl (C=O) groups is 1. The maximum absolute atomic E-state index is 13.2. The molecule has 1 aliphatic rings. The second-order valence-corrected chi connectivity index (χ2v) is 10.8. The Hall–Kier alpha value is -2.49. The molecule has 1 atom stereocenters. The first-order valence-corrected chi connectivity index (χ1v) is 12.9. The number of hydrogen-bond donors (Lipinski definition) is 1. The summed E-state index contributed by atoms with van der Waals surface area (Å²) in [7, 11) is -0.688. The van der Waals surface area contributed by atoms with Crippen molar-refractivity contribution >= 4 is 37.5 Å². The lowest BCUT2D eigenvalue weighted by Gasteiger charge is -2.24. The highest BCUT2D eigenvalue weighted by Gasteiger charge is 2.28. The van der Waals surface area contributed by atoms with E-state index in [1.165, 1.54) is 19.2 Å². The molecule has 9 heteroatoms. The lowest BCUT2D eigenvalue weighted by atomic mass is 10.1. The molecule has 0 aliphatic heterocycles. The Morgan fingerprint density at radius 3 is 2.62 bits per heavy atom. The Bertz CT molecular complexity index is 1200. The highest BCUT2D eigenvalue weighted by Crippen LogP contribution is 2.31. The van der Waals surface area contributed by atoms with Crippen molar-refractivity contribution < 1.29 is 17.9 Å². The molecule has 0 bridgehead atoms. The van der Waals surface area contributed by atoms with Gasteiger partial charge in [-0.1, -0.05) is 25.0 Å². The van der Waals surface area contributed by atoms with Gasteiger partial charge in [0.25, 0.3) is 5.91 Å². The van der Waals surface area contributed by atoms with Gasteiger partial charge in [0.05, 0.1) is 23.4 Å². The highest BCUT2D eigenvalue weighted by molar-refractivity contribution is 7.89. The topological polar surface area (TPSA) is 88.6 Å². The summed E-state index contributed by atoms with van der Waals surface area (Å²) in [4.78, 5) is 19.5. The van der Waals surface area contributed by atoms with Gasteiger partial charge in [-0.3, -0.25) is 4.79 Å². The molecule has 3 aromatic rings. The van der Waals surface area contributed by atoms with Crippen LogP contribution >= 0.6 is 11.3 Å². The summed E-state index contributed by atoms with van der Waals surface area (Å²) in [6.07, 6.45) is 3.67. The number of para-hydroxylation sites is 1. The Kier molecular flexibility index (Phi) is 6.50. The van der Waals surface area contributed by atoms with E-state index >= 15 is 0 Å². The molecular formula is C23H27N3O4S2. The Balaban J connectivity index is 1.60. The molecular weight excluding hydrogens is 446 g/mol. The number of sulfonamides is 1. The van der Waals surface area contributed by atoms with Crippen molar-refractivity contribution in [1.82, 2.24) is 14.6 Å². The zero-order valence-corrected chi connectivity index (χ0v) is 20.0. The Morgan fingerprint density at radius 2 is 1.94 bits per heavy atom. The Labute approximate surface area is 192 Å². The molecule has 1 N–H and O–H groups in total. The molecule has 170 valence electrons. The minimum atomic E-state index is -3.81. The van der Waals surface area contributed by atoms with Crippen molar-refractivity contribution in [1.29, 1.82) is 0 Å². The molecule has 32 heavy (non-hydrogen) atoms. The summed E-state index contributed by atoms with van der Waals surface area (Å²) >= 11 is 1.55. The second-order valence-electron chi connectivity index (χ2n) is 8.08. The molecule has 1 aromatic heterocycles. The van der Waals surface area contributed by atoms with Gasteiger partial charge in [0.15, 0.2) is 0 Å². The van der Waals surface area contributed by atoms with Crippen molar-refractivity contribution in [3.05, 3.63) is 53.0 Å². The molecule has 1 fully saturated rings. The van der Waals surface area contributed by atoms with Gasteiger partial charge in [0.2, 0.25) is 10.0 Å².